The molecule has 0 spiro atoms. The van der Waals surface area contributed by atoms with E-state index >= 15 is 0 Å². The minimum atomic E-state index is 0.261. The minimum absolute atomic E-state index is 0.261. The predicted octanol–water partition coefficient (Wildman–Crippen LogP) is 5.65. The standard InChI is InChI=1S/C17H14Cl3N3OS/c1-23-16(9-24-15-7-6-12(18)8-14(15)20)21-22-17(23)25-10-11-4-2-3-5-13(11)19/h2-8H,9-10H2,1H3. The van der Waals surface area contributed by atoms with Crippen molar-refractivity contribution in [3.63, 3.8) is 0 Å². The molecule has 0 aliphatic rings. The smallest absolute Gasteiger partial charge is 0.191 e. The third-order valence-corrected chi connectivity index (χ3v) is 5.46. The average molecular weight is 415 g/mol. The number of benzene rings is 2. The number of aromatic nitrogens is 3. The van der Waals surface area contributed by atoms with Crippen molar-refractivity contribution in [2.24, 2.45) is 7.05 Å². The molecule has 3 rings (SSSR count). The Kier molecular flexibility index (Phi) is 6.12. The van der Waals surface area contributed by atoms with Gasteiger partial charge in [-0.3, -0.25) is 0 Å². The van der Waals surface area contributed by atoms with Gasteiger partial charge in [0.15, 0.2) is 11.0 Å². The van der Waals surface area contributed by atoms with Gasteiger partial charge in [0.05, 0.1) is 5.02 Å². The first-order valence-corrected chi connectivity index (χ1v) is 9.49. The molecule has 0 atom stereocenters. The van der Waals surface area contributed by atoms with Crippen molar-refractivity contribution >= 4 is 46.6 Å². The summed E-state index contributed by atoms with van der Waals surface area (Å²) in [5, 5.41) is 11.0. The number of hydrogen-bond acceptors (Lipinski definition) is 4. The lowest BCUT2D eigenvalue weighted by Gasteiger charge is -2.08. The molecule has 25 heavy (non-hydrogen) atoms. The van der Waals surface area contributed by atoms with E-state index in [1.807, 2.05) is 35.9 Å². The number of hydrogen-bond donors (Lipinski definition) is 0. The van der Waals surface area contributed by atoms with Gasteiger partial charge in [0.2, 0.25) is 0 Å². The van der Waals surface area contributed by atoms with Crippen molar-refractivity contribution in [3.8, 4) is 5.75 Å². The van der Waals surface area contributed by atoms with Gasteiger partial charge >= 0.3 is 0 Å². The molecule has 0 bridgehead atoms. The van der Waals surface area contributed by atoms with Gasteiger partial charge in [-0.15, -0.1) is 10.2 Å². The maximum atomic E-state index is 6.18. The molecule has 0 saturated carbocycles. The molecule has 3 aromatic rings. The number of nitrogens with zero attached hydrogens (tertiary/aromatic N) is 3. The molecule has 2 aromatic carbocycles. The maximum absolute atomic E-state index is 6.18. The fourth-order valence-corrected chi connectivity index (χ4v) is 3.77. The summed E-state index contributed by atoms with van der Waals surface area (Å²) in [6, 6.07) is 12.9. The number of rotatable bonds is 6. The fourth-order valence-electron chi connectivity index (χ4n) is 2.09. The van der Waals surface area contributed by atoms with Crippen molar-refractivity contribution in [1.29, 1.82) is 0 Å². The second-order valence-corrected chi connectivity index (χ2v) is 7.39. The normalized spacial score (nSPS) is 10.9. The molecule has 0 N–H and O–H groups in total. The van der Waals surface area contributed by atoms with E-state index in [0.29, 0.717) is 21.6 Å². The van der Waals surface area contributed by atoms with Crippen molar-refractivity contribution in [2.45, 2.75) is 17.5 Å². The van der Waals surface area contributed by atoms with Crippen LogP contribution in [0.5, 0.6) is 5.75 Å². The Labute approximate surface area is 165 Å². The summed E-state index contributed by atoms with van der Waals surface area (Å²) in [5.41, 5.74) is 1.06. The third kappa shape index (κ3) is 4.61. The van der Waals surface area contributed by atoms with Crippen molar-refractivity contribution in [2.75, 3.05) is 0 Å². The van der Waals surface area contributed by atoms with Crippen LogP contribution < -0.4 is 4.74 Å². The van der Waals surface area contributed by atoms with E-state index in [2.05, 4.69) is 10.2 Å². The van der Waals surface area contributed by atoms with Crippen LogP contribution in [0.15, 0.2) is 47.6 Å². The molecule has 0 aliphatic heterocycles. The number of ether oxygens (including phenoxy) is 1. The highest BCUT2D eigenvalue weighted by Gasteiger charge is 2.12. The Morgan fingerprint density at radius 1 is 1.04 bits per heavy atom. The highest BCUT2D eigenvalue weighted by Crippen LogP contribution is 2.29. The lowest BCUT2D eigenvalue weighted by atomic mass is 10.2. The monoisotopic (exact) mass is 413 g/mol. The highest BCUT2D eigenvalue weighted by atomic mass is 35.5. The Bertz CT molecular complexity index is 885. The topological polar surface area (TPSA) is 39.9 Å². The van der Waals surface area contributed by atoms with Crippen LogP contribution in [0.1, 0.15) is 11.4 Å². The predicted molar refractivity (Wildman–Crippen MR) is 103 cm³/mol. The zero-order valence-corrected chi connectivity index (χ0v) is 16.3. The van der Waals surface area contributed by atoms with E-state index in [1.54, 1.807) is 30.0 Å². The summed E-state index contributed by atoms with van der Waals surface area (Å²) in [6.07, 6.45) is 0. The first-order valence-electron chi connectivity index (χ1n) is 7.37. The molecule has 1 aromatic heterocycles. The van der Waals surface area contributed by atoms with E-state index in [9.17, 15) is 0 Å². The molecule has 0 fully saturated rings. The summed E-state index contributed by atoms with van der Waals surface area (Å²) in [6.45, 7) is 0.261. The Balaban J connectivity index is 1.64. The summed E-state index contributed by atoms with van der Waals surface area (Å²) in [5.74, 6) is 1.97. The van der Waals surface area contributed by atoms with Gasteiger partial charge in [0, 0.05) is 22.8 Å². The molecule has 0 unspecified atom stereocenters. The lowest BCUT2D eigenvalue weighted by molar-refractivity contribution is 0.290. The van der Waals surface area contributed by atoms with Gasteiger partial charge < -0.3 is 9.30 Å². The van der Waals surface area contributed by atoms with E-state index < -0.39 is 0 Å². The van der Waals surface area contributed by atoms with Gasteiger partial charge in [-0.1, -0.05) is 64.8 Å². The van der Waals surface area contributed by atoms with Crippen LogP contribution in [0.4, 0.5) is 0 Å². The summed E-state index contributed by atoms with van der Waals surface area (Å²) in [4.78, 5) is 0. The van der Waals surface area contributed by atoms with E-state index in [4.69, 9.17) is 39.5 Å². The molecule has 0 amide bonds. The van der Waals surface area contributed by atoms with Gasteiger partial charge in [-0.25, -0.2) is 0 Å². The van der Waals surface area contributed by atoms with Gasteiger partial charge in [0.25, 0.3) is 0 Å². The van der Waals surface area contributed by atoms with Crippen LogP contribution in [-0.4, -0.2) is 14.8 Å². The fraction of sp³-hybridized carbons (Fsp3) is 0.176. The summed E-state index contributed by atoms with van der Waals surface area (Å²) >= 11 is 19.7. The quantitative estimate of drug-likeness (QED) is 0.489. The molecule has 4 nitrogen and oxygen atoms in total. The van der Waals surface area contributed by atoms with E-state index in [0.717, 1.165) is 21.5 Å². The molecular formula is C17H14Cl3N3OS. The van der Waals surface area contributed by atoms with Crippen LogP contribution in [-0.2, 0) is 19.4 Å². The zero-order chi connectivity index (χ0) is 17.8. The SMILES string of the molecule is Cn1c(COc2ccc(Cl)cc2Cl)nnc1SCc1ccccc1Cl. The average Bonchev–Trinajstić information content (AvgIpc) is 2.94. The molecule has 0 saturated heterocycles. The van der Waals surface area contributed by atoms with E-state index in [1.165, 1.54) is 0 Å². The summed E-state index contributed by atoms with van der Waals surface area (Å²) in [7, 11) is 1.90. The maximum Gasteiger partial charge on any atom is 0.191 e. The Morgan fingerprint density at radius 3 is 2.60 bits per heavy atom. The molecule has 8 heteroatoms. The highest BCUT2D eigenvalue weighted by molar-refractivity contribution is 7.98. The van der Waals surface area contributed by atoms with Gasteiger partial charge in [-0.2, -0.15) is 0 Å². The molecule has 1 heterocycles. The lowest BCUT2D eigenvalue weighted by Crippen LogP contribution is -2.04. The van der Waals surface area contributed by atoms with Gasteiger partial charge in [-0.05, 0) is 29.8 Å². The van der Waals surface area contributed by atoms with Crippen LogP contribution in [0, 0.1) is 0 Å². The van der Waals surface area contributed by atoms with Crippen LogP contribution in [0.2, 0.25) is 15.1 Å². The third-order valence-electron chi connectivity index (χ3n) is 3.49. The van der Waals surface area contributed by atoms with Crippen LogP contribution in [0.25, 0.3) is 0 Å². The largest absolute Gasteiger partial charge is 0.484 e. The second kappa shape index (κ2) is 8.32. The van der Waals surface area contributed by atoms with E-state index in [-0.39, 0.29) is 6.61 Å². The van der Waals surface area contributed by atoms with Crippen molar-refractivity contribution in [3.05, 3.63) is 68.9 Å². The van der Waals surface area contributed by atoms with Crippen LogP contribution in [0.3, 0.4) is 0 Å². The molecular weight excluding hydrogens is 401 g/mol. The van der Waals surface area contributed by atoms with Crippen LogP contribution >= 0.6 is 46.6 Å². The Morgan fingerprint density at radius 2 is 1.84 bits per heavy atom. The number of thioether (sulfide) groups is 1. The molecule has 130 valence electrons. The zero-order valence-electron chi connectivity index (χ0n) is 13.2. The number of halogens is 3. The van der Waals surface area contributed by atoms with Crippen molar-refractivity contribution < 1.29 is 4.74 Å². The van der Waals surface area contributed by atoms with Gasteiger partial charge in [0.1, 0.15) is 12.4 Å². The Hall–Kier alpha value is -1.40. The van der Waals surface area contributed by atoms with Crippen molar-refractivity contribution in [1.82, 2.24) is 14.8 Å². The minimum Gasteiger partial charge on any atom is -0.484 e. The second-order valence-electron chi connectivity index (χ2n) is 5.20. The molecule has 0 aliphatic carbocycles. The summed E-state index contributed by atoms with van der Waals surface area (Å²) < 4.78 is 7.60. The molecule has 0 radical (unpaired) electrons. The first-order chi connectivity index (χ1) is 12.0. The first kappa shape index (κ1) is 18.4.